The van der Waals surface area contributed by atoms with Crippen molar-refractivity contribution >= 4 is 123 Å². The summed E-state index contributed by atoms with van der Waals surface area (Å²) in [6.07, 6.45) is -0.835. The van der Waals surface area contributed by atoms with Gasteiger partial charge in [0.2, 0.25) is 94.5 Å². The number of nitrogens with zero attached hydrogens (tertiary/aromatic N) is 5. The quantitative estimate of drug-likeness (QED) is 0.0229. The van der Waals surface area contributed by atoms with Crippen molar-refractivity contribution in [1.29, 1.82) is 5.41 Å². The molecule has 0 radical (unpaired) electrons. The summed E-state index contributed by atoms with van der Waals surface area (Å²) in [5, 5.41) is 59.0. The molecule has 19 N–H and O–H groups in total. The minimum absolute atomic E-state index is 0.0276. The van der Waals surface area contributed by atoms with Crippen LogP contribution in [0.2, 0.25) is 0 Å². The van der Waals surface area contributed by atoms with Crippen molar-refractivity contribution in [2.45, 2.75) is 158 Å². The van der Waals surface area contributed by atoms with Crippen molar-refractivity contribution in [1.82, 2.24) is 88.0 Å². The fourth-order valence-electron chi connectivity index (χ4n) is 14.5. The number of aromatic hydroxyl groups is 1. The molecule has 5 aromatic carbocycles. The molecule has 676 valence electrons. The van der Waals surface area contributed by atoms with E-state index in [-0.39, 0.29) is 82.4 Å². The maximum Gasteiger partial charge on any atom is 0.248 e. The van der Waals surface area contributed by atoms with Crippen LogP contribution in [0.15, 0.2) is 146 Å². The van der Waals surface area contributed by atoms with Crippen LogP contribution in [0.1, 0.15) is 81.2 Å². The first-order valence-corrected chi connectivity index (χ1v) is 42.5. The number of carbonyl (C=O) groups is 16. The number of aliphatic hydroxyl groups excluding tert-OH is 1. The summed E-state index contributed by atoms with van der Waals surface area (Å²) in [5.74, 6) is -15.9. The molecule has 2 aliphatic rings. The Kier molecular flexibility index (Phi) is 36.9. The number of benzene rings is 5. The lowest BCUT2D eigenvalue weighted by Crippen LogP contribution is -2.62. The zero-order valence-corrected chi connectivity index (χ0v) is 72.4. The van der Waals surface area contributed by atoms with Gasteiger partial charge in [0, 0.05) is 96.2 Å². The van der Waals surface area contributed by atoms with E-state index in [1.165, 1.54) is 71.2 Å². The number of phenolic OH excluding ortho intramolecular Hbond substituents is 1. The number of aliphatic hydroxyl groups is 1. The van der Waals surface area contributed by atoms with Crippen LogP contribution >= 0.6 is 11.8 Å². The number of phenols is 1. The third kappa shape index (κ3) is 29.1. The number of likely N-dealkylation sites (N-methyl/N-ethyl adjacent to an activating group) is 4. The van der Waals surface area contributed by atoms with Crippen molar-refractivity contribution in [3.63, 3.8) is 0 Å². The Bertz CT molecular complexity index is 4850. The van der Waals surface area contributed by atoms with Crippen LogP contribution in [-0.4, -0.2) is 292 Å². The number of guanidine groups is 1. The van der Waals surface area contributed by atoms with E-state index in [9.17, 15) is 63.0 Å². The van der Waals surface area contributed by atoms with Crippen LogP contribution in [-0.2, 0) is 109 Å². The summed E-state index contributed by atoms with van der Waals surface area (Å²) in [7, 11) is 5.13. The number of hydrogen-bond acceptors (Lipinski definition) is 20. The van der Waals surface area contributed by atoms with Gasteiger partial charge in [0.15, 0.2) is 5.96 Å². The van der Waals surface area contributed by atoms with E-state index in [0.29, 0.717) is 38.7 Å². The first-order valence-electron chi connectivity index (χ1n) is 41.3. The van der Waals surface area contributed by atoms with Gasteiger partial charge in [-0.15, -0.1) is 11.8 Å². The van der Waals surface area contributed by atoms with Crippen molar-refractivity contribution in [2.75, 3.05) is 79.0 Å². The standard InChI is InChI=1S/C87H114N20O18S/c1-50(2)74-82(121)94-45-73(114)103(5)46-70(111)98-64(39-56-32-34-58(109)35-33-56)83(122)105(7)67(40-54-24-14-10-15-25-54)84(123)104(6)47-71(112)96-61(30-20-36-91-87(89)90)78(117)95-51(3)76(115)99-63(42-57-43-92-60-29-19-18-28-59(57)60)80(119)102-75(52(4)108)86(125)106(8)68(41-55-26-16-11-17-27-55)85(124)107-37-21-31-66(107)81(120)100-65(77(116)93-44-69(88)110)48-126-49-72(113)97-62(79(118)101-74)38-53-22-12-9-13-23-53/h9-19,22-29,32-35,43,50-52,61-68,74-75,92,108-109H,20-21,30-31,36-42,44-49H2,1-8H3,(H2,88,110)(H,93,116)(H,94,121)(H,95,117)(H,96,112)(H,97,113)(H,98,111)(H,99,115)(H,100,120)(H,101,118)(H,102,119)(H4,89,90,91)/t51-,52+,61-,62-,63-,64-,65-,66-,67-,68-,74?,75-/m0/s1. The number of nitrogens with two attached hydrogens (primary N) is 2. The number of amides is 16. The molecule has 16 amide bonds. The number of aromatic nitrogens is 1. The molecule has 2 fully saturated rings. The molecule has 6 aromatic rings. The molecule has 1 unspecified atom stereocenters. The van der Waals surface area contributed by atoms with Gasteiger partial charge in [-0.05, 0) is 91.5 Å². The Morgan fingerprint density at radius 1 is 0.540 bits per heavy atom. The van der Waals surface area contributed by atoms with E-state index in [2.05, 4.69) is 63.5 Å². The van der Waals surface area contributed by atoms with Gasteiger partial charge in [-0.3, -0.25) is 82.1 Å². The number of carbonyl (C=O) groups excluding carboxylic acids is 16. The number of H-pyrrole nitrogens is 1. The van der Waals surface area contributed by atoms with Crippen molar-refractivity contribution < 1.29 is 86.9 Å². The van der Waals surface area contributed by atoms with Gasteiger partial charge >= 0.3 is 0 Å². The number of aromatic amines is 1. The van der Waals surface area contributed by atoms with Gasteiger partial charge in [-0.25, -0.2) is 0 Å². The minimum Gasteiger partial charge on any atom is -0.508 e. The Labute approximate surface area is 733 Å². The number of rotatable bonds is 19. The lowest BCUT2D eigenvalue weighted by Gasteiger charge is -2.36. The highest BCUT2D eigenvalue weighted by Gasteiger charge is 2.44. The summed E-state index contributed by atoms with van der Waals surface area (Å²) in [6.45, 7) is 2.91. The molecule has 38 nitrogen and oxygen atoms in total. The second-order valence-electron chi connectivity index (χ2n) is 31.6. The van der Waals surface area contributed by atoms with Crippen LogP contribution in [0.4, 0.5) is 0 Å². The fourth-order valence-corrected chi connectivity index (χ4v) is 15.3. The van der Waals surface area contributed by atoms with Crippen LogP contribution in [0.5, 0.6) is 5.75 Å². The summed E-state index contributed by atoms with van der Waals surface area (Å²) >= 11 is 0.838. The molecule has 39 heteroatoms. The van der Waals surface area contributed by atoms with Crippen molar-refractivity contribution in [3.8, 4) is 5.75 Å². The SMILES string of the molecule is CC(C)C1NC(=O)[C@H](Cc2ccccc2)NC(=O)CSC[C@@H](C(=O)NCC(N)=O)NC(=O)[C@@H]2CCCN2C(=O)[C@H](Cc2ccccc2)N(C)C(=O)[C@H]([C@@H](C)O)NC(=O)[C@H](Cc2c[nH]c3ccccc23)NC(=O)[C@H](C)NC(=O)[C@H](CCCNC(=N)N)NC(=O)CN(C)C(=O)[C@H](Cc2ccccc2)N(C)C(=O)[C@H](Cc2ccc(O)cc2)NC(=O)CN(C)C(=O)CNC1=O. The number of hydrogen-bond donors (Lipinski definition) is 17. The average Bonchev–Trinajstić information content (AvgIpc) is 1.51. The van der Waals surface area contributed by atoms with Gasteiger partial charge in [0.05, 0.1) is 38.0 Å². The van der Waals surface area contributed by atoms with Gasteiger partial charge in [-0.1, -0.05) is 135 Å². The van der Waals surface area contributed by atoms with E-state index in [1.807, 2.05) is 0 Å². The van der Waals surface area contributed by atoms with E-state index in [4.69, 9.17) is 16.9 Å². The molecular weight excluding hydrogens is 1650 g/mol. The zero-order chi connectivity index (χ0) is 92.0. The monoisotopic (exact) mass is 1760 g/mol. The fraction of sp³-hybridized carbons (Fsp3) is 0.437. The summed E-state index contributed by atoms with van der Waals surface area (Å²) in [4.78, 5) is 240. The van der Waals surface area contributed by atoms with Crippen LogP contribution in [0.25, 0.3) is 10.9 Å². The van der Waals surface area contributed by atoms with Crippen molar-refractivity contribution in [2.24, 2.45) is 17.4 Å². The summed E-state index contributed by atoms with van der Waals surface area (Å²) in [5.41, 5.74) is 14.3. The van der Waals surface area contributed by atoms with E-state index in [1.54, 1.807) is 135 Å². The number of primary amides is 1. The maximum atomic E-state index is 15.4. The van der Waals surface area contributed by atoms with E-state index in [0.717, 1.165) is 31.4 Å². The second-order valence-corrected chi connectivity index (χ2v) is 32.7. The topological polar surface area (TPSA) is 554 Å². The molecule has 2 aliphatic heterocycles. The Morgan fingerprint density at radius 2 is 1.06 bits per heavy atom. The predicted molar refractivity (Wildman–Crippen MR) is 467 cm³/mol. The molecule has 0 saturated carbocycles. The molecule has 0 aliphatic carbocycles. The zero-order valence-electron chi connectivity index (χ0n) is 71.6. The van der Waals surface area contributed by atoms with E-state index < -0.39 is 211 Å². The average molecular weight is 1760 g/mol. The first-order chi connectivity index (χ1) is 60.0. The Hall–Kier alpha value is -13.5. The number of para-hydroxylation sites is 1. The highest BCUT2D eigenvalue weighted by molar-refractivity contribution is 8.00. The van der Waals surface area contributed by atoms with Gasteiger partial charge < -0.3 is 110 Å². The third-order valence-corrected chi connectivity index (χ3v) is 22.5. The number of fused-ring (bicyclic) bond motifs is 2. The molecule has 0 spiro atoms. The Balaban J connectivity index is 1.14. The maximum absolute atomic E-state index is 15.4. The molecule has 2 saturated heterocycles. The largest absolute Gasteiger partial charge is 0.508 e. The highest BCUT2D eigenvalue weighted by atomic mass is 32.2. The normalized spacial score (nSPS) is 23.0. The molecule has 3 heterocycles. The first kappa shape index (κ1) is 98.0. The molecular formula is C87H114N20O18S. The third-order valence-electron chi connectivity index (χ3n) is 21.5. The molecule has 126 heavy (non-hydrogen) atoms. The molecule has 1 aromatic heterocycles. The molecule has 0 bridgehead atoms. The lowest BCUT2D eigenvalue weighted by molar-refractivity contribution is -0.150. The molecule has 12 atom stereocenters. The van der Waals surface area contributed by atoms with Gasteiger partial charge in [0.1, 0.15) is 72.2 Å². The number of nitrogens with one attached hydrogen (secondary N) is 13. The smallest absolute Gasteiger partial charge is 0.248 e. The number of thioether (sulfide) groups is 1. The minimum atomic E-state index is -1.85. The summed E-state index contributed by atoms with van der Waals surface area (Å²) in [6, 6.07) is 22.0. The van der Waals surface area contributed by atoms with Crippen LogP contribution in [0.3, 0.4) is 0 Å². The van der Waals surface area contributed by atoms with E-state index >= 15 is 24.0 Å². The lowest BCUT2D eigenvalue weighted by atomic mass is 10.0. The van der Waals surface area contributed by atoms with Crippen molar-refractivity contribution in [3.05, 3.63) is 174 Å². The Morgan fingerprint density at radius 3 is 1.66 bits per heavy atom. The van der Waals surface area contributed by atoms with Crippen LogP contribution < -0.4 is 70.0 Å². The summed E-state index contributed by atoms with van der Waals surface area (Å²) < 4.78 is 0. The second kappa shape index (κ2) is 47.4. The predicted octanol–water partition coefficient (Wildman–Crippen LogP) is -2.39. The van der Waals surface area contributed by atoms with Gasteiger partial charge in [0.25, 0.3) is 0 Å². The highest BCUT2D eigenvalue weighted by Crippen LogP contribution is 2.25. The molecule has 8 rings (SSSR count). The van der Waals surface area contributed by atoms with Crippen LogP contribution in [0, 0.1) is 11.3 Å². The van der Waals surface area contributed by atoms with Gasteiger partial charge in [-0.2, -0.15) is 0 Å².